The number of halogens is 1. The van der Waals surface area contributed by atoms with Crippen LogP contribution in [0.25, 0.3) is 10.1 Å². The van der Waals surface area contributed by atoms with Gasteiger partial charge in [0.2, 0.25) is 0 Å². The fourth-order valence-corrected chi connectivity index (χ4v) is 4.17. The van der Waals surface area contributed by atoms with E-state index >= 15 is 0 Å². The largest absolute Gasteiger partial charge is 0.486 e. The molecule has 0 radical (unpaired) electrons. The number of ether oxygens (including phenoxy) is 3. The molecule has 3 aromatic rings. The molecule has 0 saturated carbocycles. The van der Waals surface area contributed by atoms with Crippen LogP contribution < -0.4 is 14.8 Å². The first-order chi connectivity index (χ1) is 13.5. The van der Waals surface area contributed by atoms with Crippen molar-refractivity contribution in [3.05, 3.63) is 52.4 Å². The maximum atomic E-state index is 12.5. The summed E-state index contributed by atoms with van der Waals surface area (Å²) in [6, 6.07) is 12.5. The van der Waals surface area contributed by atoms with Crippen LogP contribution in [0.1, 0.15) is 16.6 Å². The van der Waals surface area contributed by atoms with Crippen molar-refractivity contribution in [1.29, 1.82) is 0 Å². The summed E-state index contributed by atoms with van der Waals surface area (Å²) >= 11 is 7.53. The van der Waals surface area contributed by atoms with E-state index in [0.717, 1.165) is 10.1 Å². The smallest absolute Gasteiger partial charge is 0.350 e. The van der Waals surface area contributed by atoms with Crippen LogP contribution in [0.15, 0.2) is 42.5 Å². The fourth-order valence-electron chi connectivity index (χ4n) is 2.78. The van der Waals surface area contributed by atoms with Crippen molar-refractivity contribution in [1.82, 2.24) is 0 Å². The molecule has 6 nitrogen and oxygen atoms in total. The zero-order valence-electron chi connectivity index (χ0n) is 14.9. The second-order valence-electron chi connectivity index (χ2n) is 6.14. The molecule has 2 heterocycles. The van der Waals surface area contributed by atoms with Crippen LogP contribution in [0.3, 0.4) is 0 Å². The molecular formula is C20H16ClNO5S. The van der Waals surface area contributed by atoms with Gasteiger partial charge in [0.1, 0.15) is 18.1 Å². The number of anilines is 1. The number of benzene rings is 2. The number of amides is 1. The number of thiophene rings is 1. The normalized spacial score (nSPS) is 13.8. The number of esters is 1. The molecule has 1 amide bonds. The number of fused-ring (bicyclic) bond motifs is 2. The van der Waals surface area contributed by atoms with Crippen molar-refractivity contribution >= 4 is 50.6 Å². The van der Waals surface area contributed by atoms with E-state index in [9.17, 15) is 9.59 Å². The predicted octanol–water partition coefficient (Wildman–Crippen LogP) is 4.51. The lowest BCUT2D eigenvalue weighted by Gasteiger charge is -2.19. The van der Waals surface area contributed by atoms with Gasteiger partial charge in [-0.2, -0.15) is 0 Å². The van der Waals surface area contributed by atoms with Gasteiger partial charge in [-0.15, -0.1) is 11.3 Å². The van der Waals surface area contributed by atoms with Crippen LogP contribution in [-0.2, 0) is 9.53 Å². The van der Waals surface area contributed by atoms with E-state index in [1.807, 2.05) is 24.3 Å². The molecule has 1 unspecified atom stereocenters. The second kappa shape index (κ2) is 7.69. The molecule has 8 heteroatoms. The molecule has 0 spiro atoms. The maximum absolute atomic E-state index is 12.5. The Morgan fingerprint density at radius 2 is 1.89 bits per heavy atom. The first kappa shape index (κ1) is 18.6. The molecule has 144 valence electrons. The number of nitrogens with one attached hydrogen (secondary N) is 1. The summed E-state index contributed by atoms with van der Waals surface area (Å²) in [6.07, 6.45) is -0.998. The summed E-state index contributed by atoms with van der Waals surface area (Å²) in [6.45, 7) is 2.45. The average Bonchev–Trinajstić information content (AvgIpc) is 3.05. The quantitative estimate of drug-likeness (QED) is 0.632. The van der Waals surface area contributed by atoms with Gasteiger partial charge in [-0.25, -0.2) is 4.79 Å². The molecule has 1 aliphatic heterocycles. The van der Waals surface area contributed by atoms with E-state index in [4.69, 9.17) is 25.8 Å². The Balaban J connectivity index is 1.44. The van der Waals surface area contributed by atoms with Gasteiger partial charge in [-0.1, -0.05) is 29.8 Å². The van der Waals surface area contributed by atoms with E-state index in [1.54, 1.807) is 18.2 Å². The second-order valence-corrected chi connectivity index (χ2v) is 7.57. The molecule has 0 aliphatic carbocycles. The molecule has 0 bridgehead atoms. The topological polar surface area (TPSA) is 73.9 Å². The van der Waals surface area contributed by atoms with Crippen LogP contribution in [0, 0.1) is 0 Å². The molecular weight excluding hydrogens is 402 g/mol. The minimum absolute atomic E-state index is 0.279. The van der Waals surface area contributed by atoms with E-state index in [1.165, 1.54) is 18.3 Å². The zero-order chi connectivity index (χ0) is 19.7. The number of carbonyl (C=O) groups excluding carboxylic acids is 2. The average molecular weight is 418 g/mol. The third kappa shape index (κ3) is 3.63. The summed E-state index contributed by atoms with van der Waals surface area (Å²) in [4.78, 5) is 25.2. The third-order valence-corrected chi connectivity index (χ3v) is 5.84. The van der Waals surface area contributed by atoms with Gasteiger partial charge < -0.3 is 19.5 Å². The predicted molar refractivity (Wildman–Crippen MR) is 108 cm³/mol. The molecule has 4 rings (SSSR count). The Bertz CT molecular complexity index is 1060. The Hall–Kier alpha value is -2.77. The van der Waals surface area contributed by atoms with Gasteiger partial charge in [-0.05, 0) is 25.1 Å². The minimum Gasteiger partial charge on any atom is -0.486 e. The van der Waals surface area contributed by atoms with Crippen molar-refractivity contribution in [2.45, 2.75) is 13.0 Å². The molecule has 1 N–H and O–H groups in total. The monoisotopic (exact) mass is 417 g/mol. The summed E-state index contributed by atoms with van der Waals surface area (Å²) in [5, 5.41) is 3.83. The highest BCUT2D eigenvalue weighted by Crippen LogP contribution is 2.36. The Kier molecular flexibility index (Phi) is 5.11. The standard InChI is InChI=1S/C20H16ClNO5S/c1-11(19(23)22-12-6-7-14-15(10-12)26-9-8-25-14)27-20(24)18-17(21)13-4-2-3-5-16(13)28-18/h2-7,10-11H,8-9H2,1H3,(H,22,23). The third-order valence-electron chi connectivity index (χ3n) is 4.18. The van der Waals surface area contributed by atoms with Crippen molar-refractivity contribution in [2.75, 3.05) is 18.5 Å². The number of hydrogen-bond donors (Lipinski definition) is 1. The van der Waals surface area contributed by atoms with Gasteiger partial charge in [0.15, 0.2) is 17.6 Å². The lowest BCUT2D eigenvalue weighted by Crippen LogP contribution is -2.30. The summed E-state index contributed by atoms with van der Waals surface area (Å²) in [7, 11) is 0. The zero-order valence-corrected chi connectivity index (χ0v) is 16.4. The Morgan fingerprint density at radius 1 is 1.14 bits per heavy atom. The Morgan fingerprint density at radius 3 is 2.68 bits per heavy atom. The molecule has 1 atom stereocenters. The van der Waals surface area contributed by atoms with Crippen molar-refractivity contribution in [2.24, 2.45) is 0 Å². The highest BCUT2D eigenvalue weighted by atomic mass is 35.5. The SMILES string of the molecule is CC(OC(=O)c1sc2ccccc2c1Cl)C(=O)Nc1ccc2c(c1)OCCO2. The highest BCUT2D eigenvalue weighted by Gasteiger charge is 2.24. The van der Waals surface area contributed by atoms with Crippen molar-refractivity contribution in [3.63, 3.8) is 0 Å². The first-order valence-corrected chi connectivity index (χ1v) is 9.81. The fraction of sp³-hybridized carbons (Fsp3) is 0.200. The minimum atomic E-state index is -0.998. The van der Waals surface area contributed by atoms with E-state index in [2.05, 4.69) is 5.32 Å². The number of rotatable bonds is 4. The molecule has 28 heavy (non-hydrogen) atoms. The van der Waals surface area contributed by atoms with Gasteiger partial charge >= 0.3 is 5.97 Å². The summed E-state index contributed by atoms with van der Waals surface area (Å²) in [5.41, 5.74) is 0.525. The van der Waals surface area contributed by atoms with Crippen LogP contribution in [0.2, 0.25) is 5.02 Å². The lowest BCUT2D eigenvalue weighted by molar-refractivity contribution is -0.123. The summed E-state index contributed by atoms with van der Waals surface area (Å²) in [5.74, 6) is 0.104. The number of carbonyl (C=O) groups is 2. The van der Waals surface area contributed by atoms with E-state index in [-0.39, 0.29) is 4.88 Å². The van der Waals surface area contributed by atoms with Crippen LogP contribution in [0.4, 0.5) is 5.69 Å². The van der Waals surface area contributed by atoms with Gasteiger partial charge in [0.25, 0.3) is 5.91 Å². The Labute approximate surface area is 170 Å². The van der Waals surface area contributed by atoms with Gasteiger partial charge in [-0.3, -0.25) is 4.79 Å². The summed E-state index contributed by atoms with van der Waals surface area (Å²) < 4.78 is 17.1. The first-order valence-electron chi connectivity index (χ1n) is 8.61. The van der Waals surface area contributed by atoms with Gasteiger partial charge in [0, 0.05) is 21.8 Å². The molecule has 2 aromatic carbocycles. The van der Waals surface area contributed by atoms with Crippen molar-refractivity contribution < 1.29 is 23.8 Å². The van der Waals surface area contributed by atoms with E-state index in [0.29, 0.717) is 35.4 Å². The van der Waals surface area contributed by atoms with Crippen LogP contribution in [-0.4, -0.2) is 31.2 Å². The van der Waals surface area contributed by atoms with Crippen LogP contribution in [0.5, 0.6) is 11.5 Å². The van der Waals surface area contributed by atoms with Crippen molar-refractivity contribution in [3.8, 4) is 11.5 Å². The molecule has 1 aliphatic rings. The number of hydrogen-bond acceptors (Lipinski definition) is 6. The highest BCUT2D eigenvalue weighted by molar-refractivity contribution is 7.21. The molecule has 0 saturated heterocycles. The molecule has 1 aromatic heterocycles. The molecule has 0 fully saturated rings. The van der Waals surface area contributed by atoms with E-state index < -0.39 is 18.0 Å². The van der Waals surface area contributed by atoms with Gasteiger partial charge in [0.05, 0.1) is 5.02 Å². The lowest BCUT2D eigenvalue weighted by atomic mass is 10.2. The van der Waals surface area contributed by atoms with Crippen LogP contribution >= 0.6 is 22.9 Å². The maximum Gasteiger partial charge on any atom is 0.350 e.